The lowest BCUT2D eigenvalue weighted by Crippen LogP contribution is -2.24. The Bertz CT molecular complexity index is 565. The maximum absolute atomic E-state index is 11.9. The highest BCUT2D eigenvalue weighted by molar-refractivity contribution is 7.11. The van der Waals surface area contributed by atoms with Gasteiger partial charge in [-0.25, -0.2) is 4.98 Å². The van der Waals surface area contributed by atoms with Gasteiger partial charge in [0.2, 0.25) is 5.91 Å². The number of thiazole rings is 1. The van der Waals surface area contributed by atoms with Gasteiger partial charge < -0.3 is 5.32 Å². The molecule has 2 rings (SSSR count). The van der Waals surface area contributed by atoms with Gasteiger partial charge in [-0.05, 0) is 31.2 Å². The molecule has 1 N–H and O–H groups in total. The zero-order chi connectivity index (χ0) is 15.1. The number of nitrogens with one attached hydrogen (secondary N) is 1. The molecule has 1 atom stereocenters. The summed E-state index contributed by atoms with van der Waals surface area (Å²) in [6, 6.07) is 10.4. The van der Waals surface area contributed by atoms with Gasteiger partial charge in [-0.1, -0.05) is 37.3 Å². The molecule has 1 unspecified atom stereocenters. The largest absolute Gasteiger partial charge is 0.351 e. The van der Waals surface area contributed by atoms with E-state index in [0.29, 0.717) is 18.9 Å². The molecule has 0 saturated heterocycles. The van der Waals surface area contributed by atoms with Crippen LogP contribution in [0.3, 0.4) is 0 Å². The van der Waals surface area contributed by atoms with E-state index in [1.165, 1.54) is 5.56 Å². The second kappa shape index (κ2) is 7.93. The number of aryl methyl sites for hydroxylation is 2. The van der Waals surface area contributed by atoms with Crippen molar-refractivity contribution in [2.75, 3.05) is 0 Å². The number of hydrogen-bond donors (Lipinski definition) is 1. The minimum Gasteiger partial charge on any atom is -0.351 e. The summed E-state index contributed by atoms with van der Waals surface area (Å²) in [6.45, 7) is 4.71. The van der Waals surface area contributed by atoms with Crippen molar-refractivity contribution in [3.8, 4) is 0 Å². The van der Waals surface area contributed by atoms with Crippen LogP contribution in [0.15, 0.2) is 36.5 Å². The number of amides is 1. The predicted molar refractivity (Wildman–Crippen MR) is 87.2 cm³/mol. The fraction of sp³-hybridized carbons (Fsp3) is 0.412. The molecule has 112 valence electrons. The molecule has 0 fully saturated rings. The van der Waals surface area contributed by atoms with Crippen LogP contribution in [0.2, 0.25) is 0 Å². The summed E-state index contributed by atoms with van der Waals surface area (Å²) in [5.74, 6) is 0.523. The fourth-order valence-electron chi connectivity index (χ4n) is 2.22. The van der Waals surface area contributed by atoms with Gasteiger partial charge in [0.05, 0.1) is 11.6 Å². The van der Waals surface area contributed by atoms with Crippen molar-refractivity contribution in [3.05, 3.63) is 52.0 Å². The highest BCUT2D eigenvalue weighted by atomic mass is 32.1. The molecule has 0 bridgehead atoms. The summed E-state index contributed by atoms with van der Waals surface area (Å²) in [4.78, 5) is 17.2. The highest BCUT2D eigenvalue weighted by Crippen LogP contribution is 2.14. The predicted octanol–water partition coefficient (Wildman–Crippen LogP) is 3.73. The lowest BCUT2D eigenvalue weighted by atomic mass is 9.98. The van der Waals surface area contributed by atoms with Crippen LogP contribution in [0.4, 0.5) is 0 Å². The Labute approximate surface area is 130 Å². The van der Waals surface area contributed by atoms with Crippen molar-refractivity contribution >= 4 is 17.2 Å². The molecule has 4 heteroatoms. The van der Waals surface area contributed by atoms with E-state index in [4.69, 9.17) is 0 Å². The molecule has 1 heterocycles. The van der Waals surface area contributed by atoms with Crippen LogP contribution < -0.4 is 5.32 Å². The molecule has 2 aromatic rings. The van der Waals surface area contributed by atoms with Gasteiger partial charge >= 0.3 is 0 Å². The lowest BCUT2D eigenvalue weighted by Gasteiger charge is -2.11. The van der Waals surface area contributed by atoms with Crippen molar-refractivity contribution in [1.82, 2.24) is 10.3 Å². The standard InChI is InChI=1S/C17H22N2OS/c1-13(8-9-15-6-4-3-5-7-15)10-17(20)19-12-16-11-18-14(2)21-16/h3-7,11,13H,8-10,12H2,1-2H3,(H,19,20). The zero-order valence-electron chi connectivity index (χ0n) is 12.6. The fourth-order valence-corrected chi connectivity index (χ4v) is 2.96. The maximum Gasteiger partial charge on any atom is 0.220 e. The van der Waals surface area contributed by atoms with E-state index >= 15 is 0 Å². The normalized spacial score (nSPS) is 12.1. The Kier molecular flexibility index (Phi) is 5.93. The second-order valence-corrected chi connectivity index (χ2v) is 6.78. The molecular formula is C17H22N2OS. The van der Waals surface area contributed by atoms with E-state index in [-0.39, 0.29) is 5.91 Å². The van der Waals surface area contributed by atoms with Crippen LogP contribution in [0.1, 0.15) is 35.2 Å². The number of carbonyl (C=O) groups is 1. The molecule has 0 aliphatic rings. The Morgan fingerprint density at radius 1 is 1.33 bits per heavy atom. The van der Waals surface area contributed by atoms with Crippen molar-refractivity contribution in [3.63, 3.8) is 0 Å². The first-order chi connectivity index (χ1) is 10.1. The molecule has 1 aromatic carbocycles. The highest BCUT2D eigenvalue weighted by Gasteiger charge is 2.09. The first-order valence-corrected chi connectivity index (χ1v) is 8.17. The van der Waals surface area contributed by atoms with Crippen LogP contribution in [-0.4, -0.2) is 10.9 Å². The summed E-state index contributed by atoms with van der Waals surface area (Å²) in [5, 5.41) is 4.01. The van der Waals surface area contributed by atoms with Gasteiger partial charge in [-0.2, -0.15) is 0 Å². The molecule has 0 spiro atoms. The number of rotatable bonds is 7. The quantitative estimate of drug-likeness (QED) is 0.847. The Morgan fingerprint density at radius 3 is 2.76 bits per heavy atom. The number of aromatic nitrogens is 1. The summed E-state index contributed by atoms with van der Waals surface area (Å²) in [7, 11) is 0. The van der Waals surface area contributed by atoms with E-state index in [1.807, 2.05) is 19.2 Å². The van der Waals surface area contributed by atoms with Crippen molar-refractivity contribution in [2.24, 2.45) is 5.92 Å². The Balaban J connectivity index is 1.67. The minimum absolute atomic E-state index is 0.126. The van der Waals surface area contributed by atoms with Crippen molar-refractivity contribution in [2.45, 2.75) is 39.7 Å². The second-order valence-electron chi connectivity index (χ2n) is 5.46. The van der Waals surface area contributed by atoms with Crippen LogP contribution in [0, 0.1) is 12.8 Å². The average Bonchev–Trinajstić information content (AvgIpc) is 2.90. The van der Waals surface area contributed by atoms with Crippen LogP contribution in [-0.2, 0) is 17.8 Å². The summed E-state index contributed by atoms with van der Waals surface area (Å²) in [6.07, 6.45) is 4.49. The van der Waals surface area contributed by atoms with Gasteiger partial charge in [0.1, 0.15) is 0 Å². The number of benzene rings is 1. The monoisotopic (exact) mass is 302 g/mol. The average molecular weight is 302 g/mol. The number of carbonyl (C=O) groups excluding carboxylic acids is 1. The third-order valence-corrected chi connectivity index (χ3v) is 4.34. The van der Waals surface area contributed by atoms with Gasteiger partial charge in [0.15, 0.2) is 0 Å². The molecule has 0 saturated carbocycles. The Hall–Kier alpha value is -1.68. The number of hydrogen-bond acceptors (Lipinski definition) is 3. The first kappa shape index (κ1) is 15.7. The Morgan fingerprint density at radius 2 is 2.10 bits per heavy atom. The van der Waals surface area contributed by atoms with Gasteiger partial charge in [-0.15, -0.1) is 11.3 Å². The molecule has 3 nitrogen and oxygen atoms in total. The topological polar surface area (TPSA) is 42.0 Å². The van der Waals surface area contributed by atoms with Crippen LogP contribution in [0.5, 0.6) is 0 Å². The third-order valence-electron chi connectivity index (χ3n) is 3.43. The van der Waals surface area contributed by atoms with Crippen molar-refractivity contribution < 1.29 is 4.79 Å². The van der Waals surface area contributed by atoms with Gasteiger partial charge in [-0.3, -0.25) is 4.79 Å². The lowest BCUT2D eigenvalue weighted by molar-refractivity contribution is -0.122. The van der Waals surface area contributed by atoms with Gasteiger partial charge in [0.25, 0.3) is 0 Å². The first-order valence-electron chi connectivity index (χ1n) is 7.35. The molecule has 0 aliphatic heterocycles. The van der Waals surface area contributed by atoms with E-state index in [0.717, 1.165) is 22.7 Å². The molecule has 0 radical (unpaired) electrons. The SMILES string of the molecule is Cc1ncc(CNC(=O)CC(C)CCc2ccccc2)s1. The molecule has 1 aromatic heterocycles. The summed E-state index contributed by atoms with van der Waals surface area (Å²) >= 11 is 1.63. The van der Waals surface area contributed by atoms with E-state index in [2.05, 4.69) is 41.5 Å². The minimum atomic E-state index is 0.126. The van der Waals surface area contributed by atoms with E-state index < -0.39 is 0 Å². The summed E-state index contributed by atoms with van der Waals surface area (Å²) in [5.41, 5.74) is 1.34. The summed E-state index contributed by atoms with van der Waals surface area (Å²) < 4.78 is 0. The molecular weight excluding hydrogens is 280 g/mol. The van der Waals surface area contributed by atoms with Crippen LogP contribution >= 0.6 is 11.3 Å². The van der Waals surface area contributed by atoms with Gasteiger partial charge in [0, 0.05) is 17.5 Å². The molecule has 21 heavy (non-hydrogen) atoms. The molecule has 1 amide bonds. The smallest absolute Gasteiger partial charge is 0.220 e. The van der Waals surface area contributed by atoms with Crippen LogP contribution in [0.25, 0.3) is 0 Å². The zero-order valence-corrected chi connectivity index (χ0v) is 13.5. The maximum atomic E-state index is 11.9. The van der Waals surface area contributed by atoms with E-state index in [9.17, 15) is 4.79 Å². The van der Waals surface area contributed by atoms with E-state index in [1.54, 1.807) is 11.3 Å². The third kappa shape index (κ3) is 5.68. The van der Waals surface area contributed by atoms with Crippen molar-refractivity contribution in [1.29, 1.82) is 0 Å². The number of nitrogens with zero attached hydrogens (tertiary/aromatic N) is 1. The molecule has 0 aliphatic carbocycles.